The first-order valence-corrected chi connectivity index (χ1v) is 8.94. The van der Waals surface area contributed by atoms with Gasteiger partial charge in [0.2, 0.25) is 11.9 Å². The van der Waals surface area contributed by atoms with Crippen LogP contribution >= 0.6 is 11.8 Å². The van der Waals surface area contributed by atoms with Crippen LogP contribution in [0.5, 0.6) is 0 Å². The molecule has 0 saturated carbocycles. The Morgan fingerprint density at radius 3 is 2.92 bits per heavy atom. The van der Waals surface area contributed by atoms with Gasteiger partial charge in [0.1, 0.15) is 5.82 Å². The Bertz CT molecular complexity index is 783. The maximum atomic E-state index is 12.1. The third kappa shape index (κ3) is 4.10. The smallest absolute Gasteiger partial charge is 0.344 e. The van der Waals surface area contributed by atoms with E-state index in [9.17, 15) is 4.79 Å². The number of hydrogen-bond donors (Lipinski definition) is 2. The molecule has 1 aliphatic rings. The Morgan fingerprint density at radius 1 is 1.44 bits per heavy atom. The van der Waals surface area contributed by atoms with Gasteiger partial charge in [0.25, 0.3) is 0 Å². The highest BCUT2D eigenvalue weighted by Gasteiger charge is 2.22. The van der Waals surface area contributed by atoms with Gasteiger partial charge < -0.3 is 15.4 Å². The molecular formula is C14H22N8O2S. The monoisotopic (exact) mass is 366 g/mol. The maximum absolute atomic E-state index is 12.1. The van der Waals surface area contributed by atoms with Crippen molar-refractivity contribution < 1.29 is 4.74 Å². The fourth-order valence-corrected chi connectivity index (χ4v) is 3.45. The highest BCUT2D eigenvalue weighted by Crippen LogP contribution is 2.32. The molecule has 2 unspecified atom stereocenters. The molecule has 136 valence electrons. The van der Waals surface area contributed by atoms with Gasteiger partial charge in [-0.25, -0.2) is 9.89 Å². The Kier molecular flexibility index (Phi) is 5.23. The molecular weight excluding hydrogens is 344 g/mol. The van der Waals surface area contributed by atoms with E-state index in [1.807, 2.05) is 21.0 Å². The molecule has 3 heterocycles. The number of nitrogen functional groups attached to an aromatic ring is 1. The van der Waals surface area contributed by atoms with Crippen molar-refractivity contribution in [3.05, 3.63) is 16.3 Å². The molecule has 0 radical (unpaired) electrons. The average molecular weight is 366 g/mol. The standard InChI is InChI=1S/C14H22N8O2S/c1-8(10-16-11(15)18-12(17-10)21(2)3)25-14-20-19-13(23)22(14)7-9-5-4-6-24-9/h8-9H,4-7H2,1-3H3,(H,19,23)(H2,15,16,17,18). The van der Waals surface area contributed by atoms with Crippen molar-refractivity contribution in [2.24, 2.45) is 0 Å². The van der Waals surface area contributed by atoms with Crippen molar-refractivity contribution in [2.45, 2.75) is 42.8 Å². The Hall–Kier alpha value is -2.14. The van der Waals surface area contributed by atoms with Crippen LogP contribution < -0.4 is 16.3 Å². The van der Waals surface area contributed by atoms with Crippen LogP contribution in [0, 0.1) is 0 Å². The molecule has 2 aromatic heterocycles. The van der Waals surface area contributed by atoms with E-state index in [0.29, 0.717) is 23.5 Å². The molecule has 1 fully saturated rings. The number of rotatable bonds is 6. The van der Waals surface area contributed by atoms with Gasteiger partial charge in [0.05, 0.1) is 17.9 Å². The second-order valence-electron chi connectivity index (χ2n) is 6.06. The van der Waals surface area contributed by atoms with Crippen LogP contribution in [0.15, 0.2) is 9.95 Å². The number of ether oxygens (including phenoxy) is 1. The minimum atomic E-state index is -0.241. The van der Waals surface area contributed by atoms with Crippen molar-refractivity contribution >= 4 is 23.7 Å². The zero-order valence-corrected chi connectivity index (χ0v) is 15.3. The lowest BCUT2D eigenvalue weighted by atomic mass is 10.2. The molecule has 0 amide bonds. The van der Waals surface area contributed by atoms with E-state index >= 15 is 0 Å². The maximum Gasteiger partial charge on any atom is 0.344 e. The lowest BCUT2D eigenvalue weighted by Crippen LogP contribution is -2.25. The van der Waals surface area contributed by atoms with Crippen molar-refractivity contribution in [1.29, 1.82) is 0 Å². The normalized spacial score (nSPS) is 18.4. The van der Waals surface area contributed by atoms with E-state index in [2.05, 4.69) is 25.1 Å². The zero-order valence-electron chi connectivity index (χ0n) is 14.5. The molecule has 25 heavy (non-hydrogen) atoms. The second kappa shape index (κ2) is 7.40. The predicted molar refractivity (Wildman–Crippen MR) is 94.7 cm³/mol. The van der Waals surface area contributed by atoms with Gasteiger partial charge in [-0.1, -0.05) is 11.8 Å². The second-order valence-corrected chi connectivity index (χ2v) is 7.37. The molecule has 11 heteroatoms. The molecule has 3 N–H and O–H groups in total. The third-order valence-electron chi connectivity index (χ3n) is 3.84. The molecule has 1 aliphatic heterocycles. The number of hydrogen-bond acceptors (Lipinski definition) is 9. The zero-order chi connectivity index (χ0) is 18.0. The number of aromatic nitrogens is 6. The predicted octanol–water partition coefficient (Wildman–Crippen LogP) is 0.437. The first-order chi connectivity index (χ1) is 11.9. The number of nitrogens with zero attached hydrogens (tertiary/aromatic N) is 6. The molecule has 2 atom stereocenters. The summed E-state index contributed by atoms with van der Waals surface area (Å²) in [5.74, 6) is 1.20. The highest BCUT2D eigenvalue weighted by atomic mass is 32.2. The van der Waals surface area contributed by atoms with Crippen LogP contribution in [0.25, 0.3) is 0 Å². The molecule has 3 rings (SSSR count). The molecule has 2 aromatic rings. The minimum absolute atomic E-state index is 0.0538. The summed E-state index contributed by atoms with van der Waals surface area (Å²) in [5, 5.41) is 7.06. The fourth-order valence-electron chi connectivity index (χ4n) is 2.54. The van der Waals surface area contributed by atoms with E-state index in [1.165, 1.54) is 11.8 Å². The van der Waals surface area contributed by atoms with Crippen molar-refractivity contribution in [3.8, 4) is 0 Å². The summed E-state index contributed by atoms with van der Waals surface area (Å²) in [5.41, 5.74) is 5.54. The van der Waals surface area contributed by atoms with Crippen LogP contribution in [-0.4, -0.2) is 56.5 Å². The topological polar surface area (TPSA) is 128 Å². The Morgan fingerprint density at radius 2 is 2.24 bits per heavy atom. The van der Waals surface area contributed by atoms with Crippen LogP contribution in [-0.2, 0) is 11.3 Å². The van der Waals surface area contributed by atoms with Gasteiger partial charge in [0, 0.05) is 20.7 Å². The number of H-pyrrole nitrogens is 1. The van der Waals surface area contributed by atoms with Crippen molar-refractivity contribution in [1.82, 2.24) is 29.7 Å². The highest BCUT2D eigenvalue weighted by molar-refractivity contribution is 7.99. The summed E-state index contributed by atoms with van der Waals surface area (Å²) in [6.07, 6.45) is 2.03. The van der Waals surface area contributed by atoms with E-state index in [-0.39, 0.29) is 23.0 Å². The molecule has 10 nitrogen and oxygen atoms in total. The van der Waals surface area contributed by atoms with Crippen molar-refractivity contribution in [3.63, 3.8) is 0 Å². The molecule has 0 aliphatic carbocycles. The van der Waals surface area contributed by atoms with Crippen LogP contribution in [0.3, 0.4) is 0 Å². The minimum Gasteiger partial charge on any atom is -0.376 e. The lowest BCUT2D eigenvalue weighted by Gasteiger charge is -2.15. The van der Waals surface area contributed by atoms with Crippen LogP contribution in [0.1, 0.15) is 30.8 Å². The van der Waals surface area contributed by atoms with Gasteiger partial charge in [-0.05, 0) is 19.8 Å². The van der Waals surface area contributed by atoms with Gasteiger partial charge in [0.15, 0.2) is 5.16 Å². The van der Waals surface area contributed by atoms with Crippen LogP contribution in [0.4, 0.5) is 11.9 Å². The molecule has 0 aromatic carbocycles. The quantitative estimate of drug-likeness (QED) is 0.700. The number of nitrogens with one attached hydrogen (secondary N) is 1. The van der Waals surface area contributed by atoms with E-state index < -0.39 is 0 Å². The van der Waals surface area contributed by atoms with Gasteiger partial charge in [-0.15, -0.1) is 5.10 Å². The number of aromatic amines is 1. The summed E-state index contributed by atoms with van der Waals surface area (Å²) < 4.78 is 7.22. The van der Waals surface area contributed by atoms with E-state index in [1.54, 1.807) is 9.47 Å². The van der Waals surface area contributed by atoms with Crippen LogP contribution in [0.2, 0.25) is 0 Å². The van der Waals surface area contributed by atoms with Gasteiger partial charge >= 0.3 is 5.69 Å². The average Bonchev–Trinajstić information content (AvgIpc) is 3.19. The van der Waals surface area contributed by atoms with Gasteiger partial charge in [-0.2, -0.15) is 15.0 Å². The molecule has 0 spiro atoms. The summed E-state index contributed by atoms with van der Waals surface area (Å²) in [4.78, 5) is 26.5. The Balaban J connectivity index is 1.79. The first kappa shape index (κ1) is 17.7. The Labute approximate surface area is 149 Å². The largest absolute Gasteiger partial charge is 0.376 e. The first-order valence-electron chi connectivity index (χ1n) is 8.06. The summed E-state index contributed by atoms with van der Waals surface area (Å²) in [6.45, 7) is 3.18. The summed E-state index contributed by atoms with van der Waals surface area (Å²) >= 11 is 1.39. The van der Waals surface area contributed by atoms with Crippen molar-refractivity contribution in [2.75, 3.05) is 31.3 Å². The third-order valence-corrected chi connectivity index (χ3v) is 4.92. The van der Waals surface area contributed by atoms with E-state index in [0.717, 1.165) is 19.4 Å². The molecule has 1 saturated heterocycles. The SMILES string of the molecule is CC(Sc1n[nH]c(=O)n1CC1CCCO1)c1nc(N)nc(N(C)C)n1. The fraction of sp³-hybridized carbons (Fsp3) is 0.643. The van der Waals surface area contributed by atoms with E-state index in [4.69, 9.17) is 10.5 Å². The number of thioether (sulfide) groups is 1. The summed E-state index contributed by atoms with van der Waals surface area (Å²) in [6, 6.07) is 0. The number of nitrogens with two attached hydrogens (primary N) is 1. The molecule has 0 bridgehead atoms. The lowest BCUT2D eigenvalue weighted by molar-refractivity contribution is 0.0941. The van der Waals surface area contributed by atoms with Gasteiger partial charge in [-0.3, -0.25) is 4.57 Å². The number of anilines is 2. The summed E-state index contributed by atoms with van der Waals surface area (Å²) in [7, 11) is 3.67.